The number of nitrogens with one attached hydrogen (secondary N) is 2. The van der Waals surface area contributed by atoms with Crippen molar-refractivity contribution in [2.75, 3.05) is 23.4 Å². The van der Waals surface area contributed by atoms with Crippen LogP contribution in [0.5, 0.6) is 17.2 Å². The number of fused-ring (bicyclic) bond motifs is 1. The number of anilines is 2. The van der Waals surface area contributed by atoms with Crippen molar-refractivity contribution in [2.45, 2.75) is 39.4 Å². The van der Waals surface area contributed by atoms with Gasteiger partial charge in [-0.25, -0.2) is 8.42 Å². The smallest absolute Gasteiger partial charge is 0.272 e. The molecule has 11 heteroatoms. The number of carbonyl (C=O) groups excluding carboxylic acids is 1. The van der Waals surface area contributed by atoms with Gasteiger partial charge in [-0.15, -0.1) is 0 Å². The van der Waals surface area contributed by atoms with Crippen molar-refractivity contribution in [3.63, 3.8) is 0 Å². The maximum absolute atomic E-state index is 13.8. The summed E-state index contributed by atoms with van der Waals surface area (Å²) < 4.78 is 46.3. The Morgan fingerprint density at radius 2 is 1.67 bits per heavy atom. The molecular formula is C35H38N4O6S. The number of hydrogen-bond acceptors (Lipinski definition) is 7. The zero-order valence-corrected chi connectivity index (χ0v) is 27.6. The van der Waals surface area contributed by atoms with E-state index in [9.17, 15) is 13.2 Å². The van der Waals surface area contributed by atoms with E-state index >= 15 is 0 Å². The molecule has 0 atom stereocenters. The number of aromatic nitrogens is 2. The highest BCUT2D eigenvalue weighted by atomic mass is 32.2. The maximum atomic E-state index is 13.8. The Hall–Kier alpha value is -4.87. The molecule has 10 nitrogen and oxygen atoms in total. The van der Waals surface area contributed by atoms with Crippen LogP contribution in [0.1, 0.15) is 48.1 Å². The van der Waals surface area contributed by atoms with Gasteiger partial charge in [0.2, 0.25) is 10.0 Å². The topological polar surface area (TPSA) is 121 Å². The molecule has 0 radical (unpaired) electrons. The minimum atomic E-state index is -3.61. The first-order chi connectivity index (χ1) is 21.8. The fraction of sp³-hybridized carbons (Fsp3) is 0.257. The number of aryl methyl sites for hydroxylation is 1. The van der Waals surface area contributed by atoms with E-state index in [1.54, 1.807) is 42.1 Å². The molecular weight excluding hydrogens is 604 g/mol. The molecule has 2 N–H and O–H groups in total. The molecule has 0 aliphatic rings. The number of para-hydroxylation sites is 1. The highest BCUT2D eigenvalue weighted by molar-refractivity contribution is 7.92. The van der Waals surface area contributed by atoms with Crippen LogP contribution in [-0.4, -0.2) is 37.2 Å². The number of methoxy groups -OCH3 is 1. The molecule has 3 aromatic carbocycles. The van der Waals surface area contributed by atoms with E-state index in [0.29, 0.717) is 36.1 Å². The van der Waals surface area contributed by atoms with Gasteiger partial charge in [0.1, 0.15) is 11.4 Å². The number of sulfonamides is 1. The summed E-state index contributed by atoms with van der Waals surface area (Å²) in [6.45, 7) is 6.80. The summed E-state index contributed by atoms with van der Waals surface area (Å²) in [5.41, 5.74) is 3.95. The Morgan fingerprint density at radius 3 is 2.37 bits per heavy atom. The summed E-state index contributed by atoms with van der Waals surface area (Å²) in [6, 6.07) is 24.4. The lowest BCUT2D eigenvalue weighted by atomic mass is 9.86. The highest BCUT2D eigenvalue weighted by Gasteiger charge is 2.24. The first-order valence-corrected chi connectivity index (χ1v) is 16.6. The monoisotopic (exact) mass is 642 g/mol. The summed E-state index contributed by atoms with van der Waals surface area (Å²) in [4.78, 5) is 18.2. The summed E-state index contributed by atoms with van der Waals surface area (Å²) >= 11 is 0. The lowest BCUT2D eigenvalue weighted by Gasteiger charge is -2.24. The molecule has 46 heavy (non-hydrogen) atoms. The van der Waals surface area contributed by atoms with Gasteiger partial charge in [0.25, 0.3) is 5.91 Å². The summed E-state index contributed by atoms with van der Waals surface area (Å²) in [5.74, 6) is 0.952. The second-order valence-electron chi connectivity index (χ2n) is 12.0. The van der Waals surface area contributed by atoms with Gasteiger partial charge >= 0.3 is 0 Å². The third-order valence-electron chi connectivity index (χ3n) is 7.33. The standard InChI is InChI=1S/C35H38N4O6S/c1-35(2,3)25-18-28(33(43-5)29(19-25)38-46(6,41)42)37-34(40)30-17-24-13-10-14-31(32(24)39(30)4)45-27-15-16-36-26(20-27)22-44-21-23-11-8-7-9-12-23/h7-20,38H,21-22H2,1-6H3,(H,37,40). The van der Waals surface area contributed by atoms with Crippen molar-refractivity contribution in [1.29, 1.82) is 0 Å². The number of pyridine rings is 1. The van der Waals surface area contributed by atoms with Crippen molar-refractivity contribution < 1.29 is 27.4 Å². The SMILES string of the molecule is COc1c(NC(=O)c2cc3cccc(Oc4ccnc(COCc5ccccc5)c4)c3n2C)cc(C(C)(C)C)cc1NS(C)(=O)=O. The predicted molar refractivity (Wildman–Crippen MR) is 180 cm³/mol. The van der Waals surface area contributed by atoms with Crippen LogP contribution in [0.25, 0.3) is 10.9 Å². The minimum Gasteiger partial charge on any atom is -0.492 e. The summed E-state index contributed by atoms with van der Waals surface area (Å²) in [6.07, 6.45) is 2.74. The molecule has 0 bridgehead atoms. The van der Waals surface area contributed by atoms with Gasteiger partial charge in [0.05, 0.1) is 49.2 Å². The van der Waals surface area contributed by atoms with Gasteiger partial charge in [-0.1, -0.05) is 63.2 Å². The third-order valence-corrected chi connectivity index (χ3v) is 7.92. The van der Waals surface area contributed by atoms with E-state index in [2.05, 4.69) is 15.0 Å². The van der Waals surface area contributed by atoms with E-state index in [-0.39, 0.29) is 16.9 Å². The average molecular weight is 643 g/mol. The number of nitrogens with zero attached hydrogens (tertiary/aromatic N) is 2. The molecule has 0 spiro atoms. The Bertz CT molecular complexity index is 1980. The van der Waals surface area contributed by atoms with Crippen molar-refractivity contribution in [2.24, 2.45) is 7.05 Å². The predicted octanol–water partition coefficient (Wildman–Crippen LogP) is 7.01. The molecule has 0 aliphatic heterocycles. The van der Waals surface area contributed by atoms with Crippen LogP contribution < -0.4 is 19.5 Å². The minimum absolute atomic E-state index is 0.204. The second-order valence-corrected chi connectivity index (χ2v) is 13.8. The van der Waals surface area contributed by atoms with Gasteiger partial charge in [-0.2, -0.15) is 0 Å². The largest absolute Gasteiger partial charge is 0.492 e. The lowest BCUT2D eigenvalue weighted by Crippen LogP contribution is -2.19. The quantitative estimate of drug-likeness (QED) is 0.159. The van der Waals surface area contributed by atoms with E-state index in [1.165, 1.54) is 7.11 Å². The van der Waals surface area contributed by atoms with Gasteiger partial charge in [0.15, 0.2) is 11.5 Å². The molecule has 0 fully saturated rings. The zero-order chi connectivity index (χ0) is 33.1. The third kappa shape index (κ3) is 7.67. The normalized spacial score (nSPS) is 11.8. The summed E-state index contributed by atoms with van der Waals surface area (Å²) in [7, 11) is -0.398. The molecule has 2 aromatic heterocycles. The van der Waals surface area contributed by atoms with Gasteiger partial charge < -0.3 is 24.1 Å². The molecule has 0 saturated carbocycles. The number of amides is 1. The molecule has 1 amide bonds. The zero-order valence-electron chi connectivity index (χ0n) is 26.7. The number of rotatable bonds is 11. The van der Waals surface area contributed by atoms with Crippen molar-refractivity contribution in [1.82, 2.24) is 9.55 Å². The van der Waals surface area contributed by atoms with Crippen LogP contribution in [0, 0.1) is 0 Å². The van der Waals surface area contributed by atoms with E-state index in [1.807, 2.05) is 75.4 Å². The van der Waals surface area contributed by atoms with Crippen molar-refractivity contribution in [3.05, 3.63) is 108 Å². The van der Waals surface area contributed by atoms with Crippen LogP contribution in [-0.2, 0) is 40.4 Å². The first kappa shape index (κ1) is 32.5. The lowest BCUT2D eigenvalue weighted by molar-refractivity contribution is 0.101. The Balaban J connectivity index is 1.41. The number of hydrogen-bond donors (Lipinski definition) is 2. The van der Waals surface area contributed by atoms with Gasteiger partial charge in [0, 0.05) is 24.7 Å². The van der Waals surface area contributed by atoms with Crippen molar-refractivity contribution in [3.8, 4) is 17.2 Å². The molecule has 0 unspecified atom stereocenters. The van der Waals surface area contributed by atoms with Crippen LogP contribution in [0.3, 0.4) is 0 Å². The number of carbonyl (C=O) groups is 1. The molecule has 5 aromatic rings. The Labute approximate surface area is 269 Å². The number of benzene rings is 3. The molecule has 0 saturated heterocycles. The average Bonchev–Trinajstić information content (AvgIpc) is 3.34. The van der Waals surface area contributed by atoms with Crippen LogP contribution >= 0.6 is 0 Å². The van der Waals surface area contributed by atoms with Gasteiger partial charge in [-0.05, 0) is 46.9 Å². The molecule has 0 aliphatic carbocycles. The number of ether oxygens (including phenoxy) is 3. The van der Waals surface area contributed by atoms with Crippen molar-refractivity contribution >= 4 is 38.2 Å². The maximum Gasteiger partial charge on any atom is 0.272 e. The summed E-state index contributed by atoms with van der Waals surface area (Å²) in [5, 5.41) is 3.75. The first-order valence-electron chi connectivity index (χ1n) is 14.7. The van der Waals surface area contributed by atoms with Crippen LogP contribution in [0.4, 0.5) is 11.4 Å². The fourth-order valence-electron chi connectivity index (χ4n) is 5.09. The molecule has 5 rings (SSSR count). The molecule has 240 valence electrons. The van der Waals surface area contributed by atoms with Gasteiger partial charge in [-0.3, -0.25) is 14.5 Å². The van der Waals surface area contributed by atoms with E-state index < -0.39 is 15.9 Å². The van der Waals surface area contributed by atoms with Crippen LogP contribution in [0.15, 0.2) is 85.1 Å². The Kier molecular flexibility index (Phi) is 9.36. The Morgan fingerprint density at radius 1 is 0.935 bits per heavy atom. The highest BCUT2D eigenvalue weighted by Crippen LogP contribution is 2.40. The van der Waals surface area contributed by atoms with Crippen LogP contribution in [0.2, 0.25) is 0 Å². The van der Waals surface area contributed by atoms with E-state index in [4.69, 9.17) is 14.2 Å². The fourth-order valence-corrected chi connectivity index (χ4v) is 5.64. The second kappa shape index (κ2) is 13.2. The molecule has 2 heterocycles. The van der Waals surface area contributed by atoms with E-state index in [0.717, 1.165) is 34.0 Å².